The molecule has 4 rings (SSSR count). The highest BCUT2D eigenvalue weighted by atomic mass is 79.9. The summed E-state index contributed by atoms with van der Waals surface area (Å²) in [5, 5.41) is 2.01. The standard InChI is InChI=1S/C24H20BrN3O4S2/c1-16-7-5-6-10-20(16)26-22(29)15-21-23(30)28(18-8-3-2-4-9-18)24(33-21)27-34(31,32)19-13-11-17(25)12-14-19/h2-14,21H,15H2,1H3,(H,26,29)/t21-/m1/s1. The number of anilines is 2. The van der Waals surface area contributed by atoms with Gasteiger partial charge in [-0.05, 0) is 55.0 Å². The topological polar surface area (TPSA) is 95.9 Å². The van der Waals surface area contributed by atoms with Crippen LogP contribution in [0.4, 0.5) is 11.4 Å². The van der Waals surface area contributed by atoms with E-state index in [0.29, 0.717) is 11.4 Å². The van der Waals surface area contributed by atoms with Crippen LogP contribution in [-0.4, -0.2) is 30.6 Å². The zero-order chi connectivity index (χ0) is 24.3. The molecule has 2 amide bonds. The zero-order valence-corrected chi connectivity index (χ0v) is 21.2. The van der Waals surface area contributed by atoms with Crippen LogP contribution in [0.3, 0.4) is 0 Å². The summed E-state index contributed by atoms with van der Waals surface area (Å²) in [5.41, 5.74) is 2.04. The molecular weight excluding hydrogens is 538 g/mol. The van der Waals surface area contributed by atoms with E-state index in [1.807, 2.05) is 25.1 Å². The second kappa shape index (κ2) is 10.1. The molecule has 1 aliphatic rings. The van der Waals surface area contributed by atoms with Gasteiger partial charge in [0, 0.05) is 16.6 Å². The Morgan fingerprint density at radius 3 is 2.35 bits per heavy atom. The van der Waals surface area contributed by atoms with Gasteiger partial charge in [-0.3, -0.25) is 14.5 Å². The number of carbonyl (C=O) groups excluding carboxylic acids is 2. The highest BCUT2D eigenvalue weighted by molar-refractivity contribution is 9.10. The number of sulfonamides is 1. The SMILES string of the molecule is Cc1ccccc1NC(=O)C[C@H]1SC(=NS(=O)(=O)c2ccc(Br)cc2)N(c2ccccc2)C1=O. The zero-order valence-electron chi connectivity index (χ0n) is 18.0. The van der Waals surface area contributed by atoms with Crippen LogP contribution in [0.15, 0.2) is 92.6 Å². The third-order valence-corrected chi connectivity index (χ3v) is 8.11. The number of hydrogen-bond donors (Lipinski definition) is 1. The fraction of sp³-hybridized carbons (Fsp3) is 0.125. The van der Waals surface area contributed by atoms with Crippen molar-refractivity contribution in [2.45, 2.75) is 23.5 Å². The summed E-state index contributed by atoms with van der Waals surface area (Å²) in [6.45, 7) is 1.87. The van der Waals surface area contributed by atoms with Gasteiger partial charge in [-0.15, -0.1) is 4.40 Å². The summed E-state index contributed by atoms with van der Waals surface area (Å²) < 4.78 is 30.6. The predicted octanol–water partition coefficient (Wildman–Crippen LogP) is 4.98. The first-order valence-electron chi connectivity index (χ1n) is 10.3. The fourth-order valence-electron chi connectivity index (χ4n) is 3.32. The molecule has 1 atom stereocenters. The smallest absolute Gasteiger partial charge is 0.284 e. The van der Waals surface area contributed by atoms with Gasteiger partial charge in [-0.1, -0.05) is 64.1 Å². The number of rotatable bonds is 6. The van der Waals surface area contributed by atoms with Gasteiger partial charge in [0.25, 0.3) is 10.0 Å². The van der Waals surface area contributed by atoms with Crippen molar-refractivity contribution in [3.05, 3.63) is 88.9 Å². The van der Waals surface area contributed by atoms with E-state index in [0.717, 1.165) is 21.8 Å². The Kier molecular flexibility index (Phi) is 7.20. The number of nitrogens with zero attached hydrogens (tertiary/aromatic N) is 2. The first-order chi connectivity index (χ1) is 16.2. The Labute approximate surface area is 210 Å². The molecule has 1 fully saturated rings. The summed E-state index contributed by atoms with van der Waals surface area (Å²) in [6, 6.07) is 22.1. The summed E-state index contributed by atoms with van der Waals surface area (Å²) in [4.78, 5) is 27.2. The second-order valence-corrected chi connectivity index (χ2v) is 11.2. The molecule has 0 bridgehead atoms. The van der Waals surface area contributed by atoms with Crippen molar-refractivity contribution in [2.24, 2.45) is 4.40 Å². The van der Waals surface area contributed by atoms with E-state index in [-0.39, 0.29) is 22.4 Å². The van der Waals surface area contributed by atoms with Crippen LogP contribution in [0.2, 0.25) is 0 Å². The molecule has 3 aromatic rings. The van der Waals surface area contributed by atoms with Gasteiger partial charge in [-0.25, -0.2) is 0 Å². The maximum absolute atomic E-state index is 13.3. The highest BCUT2D eigenvalue weighted by Gasteiger charge is 2.41. The lowest BCUT2D eigenvalue weighted by Gasteiger charge is -2.16. The van der Waals surface area contributed by atoms with Crippen LogP contribution in [0.5, 0.6) is 0 Å². The van der Waals surface area contributed by atoms with Crippen LogP contribution >= 0.6 is 27.7 Å². The molecule has 1 N–H and O–H groups in total. The van der Waals surface area contributed by atoms with E-state index >= 15 is 0 Å². The summed E-state index contributed by atoms with van der Waals surface area (Å²) in [5.74, 6) is -0.744. The maximum atomic E-state index is 13.3. The molecular formula is C24H20BrN3O4S2. The molecule has 34 heavy (non-hydrogen) atoms. The maximum Gasteiger partial charge on any atom is 0.284 e. The number of carbonyl (C=O) groups is 2. The third kappa shape index (κ3) is 5.40. The van der Waals surface area contributed by atoms with Crippen molar-refractivity contribution in [3.63, 3.8) is 0 Å². The first-order valence-corrected chi connectivity index (χ1v) is 13.4. The molecule has 0 aliphatic carbocycles. The highest BCUT2D eigenvalue weighted by Crippen LogP contribution is 2.35. The molecule has 0 saturated carbocycles. The molecule has 1 aliphatic heterocycles. The quantitative estimate of drug-likeness (QED) is 0.461. The summed E-state index contributed by atoms with van der Waals surface area (Å²) in [7, 11) is -4.08. The molecule has 174 valence electrons. The van der Waals surface area contributed by atoms with Gasteiger partial charge < -0.3 is 5.32 Å². The second-order valence-electron chi connectivity index (χ2n) is 7.49. The molecule has 0 spiro atoms. The van der Waals surface area contributed by atoms with Crippen LogP contribution in [0, 0.1) is 6.92 Å². The Morgan fingerprint density at radius 2 is 1.68 bits per heavy atom. The number of hydrogen-bond acceptors (Lipinski definition) is 5. The Hall–Kier alpha value is -2.95. The monoisotopic (exact) mass is 557 g/mol. The van der Waals surface area contributed by atoms with Crippen LogP contribution in [0.25, 0.3) is 0 Å². The first kappa shape index (κ1) is 24.2. The number of thioether (sulfide) groups is 1. The van der Waals surface area contributed by atoms with E-state index in [2.05, 4.69) is 25.6 Å². The molecule has 1 saturated heterocycles. The minimum Gasteiger partial charge on any atom is -0.326 e. The lowest BCUT2D eigenvalue weighted by molar-refractivity contribution is -0.121. The fourth-order valence-corrected chi connectivity index (χ4v) is 5.92. The van der Waals surface area contributed by atoms with Crippen molar-refractivity contribution in [1.29, 1.82) is 0 Å². The number of halogens is 1. The summed E-state index contributed by atoms with van der Waals surface area (Å²) in [6.07, 6.45) is -0.126. The number of aryl methyl sites for hydroxylation is 1. The van der Waals surface area contributed by atoms with Crippen LogP contribution < -0.4 is 10.2 Å². The van der Waals surface area contributed by atoms with Crippen molar-refractivity contribution < 1.29 is 18.0 Å². The van der Waals surface area contributed by atoms with Gasteiger partial charge in [0.15, 0.2) is 5.17 Å². The number of amides is 2. The Morgan fingerprint density at radius 1 is 1.03 bits per heavy atom. The van der Waals surface area contributed by atoms with Gasteiger partial charge >= 0.3 is 0 Å². The van der Waals surface area contributed by atoms with Crippen molar-refractivity contribution in [2.75, 3.05) is 10.2 Å². The summed E-state index contributed by atoms with van der Waals surface area (Å²) >= 11 is 4.25. The van der Waals surface area contributed by atoms with E-state index in [1.165, 1.54) is 17.0 Å². The molecule has 0 radical (unpaired) electrons. The van der Waals surface area contributed by atoms with Crippen molar-refractivity contribution in [1.82, 2.24) is 0 Å². The normalized spacial score (nSPS) is 17.2. The molecule has 0 unspecified atom stereocenters. The number of amidine groups is 1. The molecule has 1 heterocycles. The van der Waals surface area contributed by atoms with Crippen LogP contribution in [-0.2, 0) is 19.6 Å². The minimum atomic E-state index is -4.08. The van der Waals surface area contributed by atoms with Gasteiger partial charge in [-0.2, -0.15) is 8.42 Å². The predicted molar refractivity (Wildman–Crippen MR) is 138 cm³/mol. The van der Waals surface area contributed by atoms with Crippen molar-refractivity contribution in [3.8, 4) is 0 Å². The largest absolute Gasteiger partial charge is 0.326 e. The Bertz CT molecular complexity index is 1360. The third-order valence-electron chi connectivity index (χ3n) is 5.05. The lowest BCUT2D eigenvalue weighted by Crippen LogP contribution is -2.33. The van der Waals surface area contributed by atoms with Gasteiger partial charge in [0.2, 0.25) is 11.8 Å². The number of para-hydroxylation sites is 2. The molecule has 0 aromatic heterocycles. The van der Waals surface area contributed by atoms with Crippen LogP contribution in [0.1, 0.15) is 12.0 Å². The average Bonchev–Trinajstić information content (AvgIpc) is 3.10. The van der Waals surface area contributed by atoms with Gasteiger partial charge in [0.05, 0.1) is 10.6 Å². The lowest BCUT2D eigenvalue weighted by atomic mass is 10.2. The molecule has 7 nitrogen and oxygen atoms in total. The molecule has 10 heteroatoms. The van der Waals surface area contributed by atoms with Gasteiger partial charge in [0.1, 0.15) is 5.25 Å². The van der Waals surface area contributed by atoms with E-state index in [9.17, 15) is 18.0 Å². The number of benzene rings is 3. The van der Waals surface area contributed by atoms with E-state index in [4.69, 9.17) is 0 Å². The van der Waals surface area contributed by atoms with E-state index in [1.54, 1.807) is 48.5 Å². The average molecular weight is 558 g/mol. The Balaban J connectivity index is 1.63. The molecule has 3 aromatic carbocycles. The minimum absolute atomic E-state index is 0.00464. The number of nitrogens with one attached hydrogen (secondary N) is 1. The van der Waals surface area contributed by atoms with E-state index < -0.39 is 21.2 Å². The van der Waals surface area contributed by atoms with Crippen molar-refractivity contribution >= 4 is 66.1 Å².